The van der Waals surface area contributed by atoms with Gasteiger partial charge in [-0.15, -0.1) is 0 Å². The molecule has 1 aliphatic rings. The molecule has 1 saturated heterocycles. The summed E-state index contributed by atoms with van der Waals surface area (Å²) in [5.74, 6) is -1.19. The smallest absolute Gasteiger partial charge is 0.251 e. The average molecular weight is 351 g/mol. The Morgan fingerprint density at radius 1 is 1.42 bits per heavy atom. The van der Waals surface area contributed by atoms with Gasteiger partial charge in [0.05, 0.1) is 30.0 Å². The number of anilines is 1. The summed E-state index contributed by atoms with van der Waals surface area (Å²) in [6.45, 7) is 0.150. The molecular formula is C15H15ClN4O4. The molecule has 0 N–H and O–H groups in total. The Balaban J connectivity index is 1.79. The molecule has 2 heterocycles. The van der Waals surface area contributed by atoms with Crippen LogP contribution in [-0.2, 0) is 23.2 Å². The summed E-state index contributed by atoms with van der Waals surface area (Å²) in [5.41, 5.74) is 0.785. The predicted octanol–water partition coefficient (Wildman–Crippen LogP) is -0.01000. The minimum absolute atomic E-state index is 0.0428. The van der Waals surface area contributed by atoms with Crippen molar-refractivity contribution in [1.29, 1.82) is 0 Å². The fraction of sp³-hybridized carbons (Fsp3) is 0.333. The molecule has 1 unspecified atom stereocenters. The van der Waals surface area contributed by atoms with Crippen molar-refractivity contribution >= 4 is 29.1 Å². The summed E-state index contributed by atoms with van der Waals surface area (Å²) < 4.78 is 5.88. The molecule has 3 rings (SSSR count). The molecule has 24 heavy (non-hydrogen) atoms. The lowest BCUT2D eigenvalue weighted by molar-refractivity contribution is -0.747. The Kier molecular flexibility index (Phi) is 4.25. The molecule has 1 aromatic carbocycles. The van der Waals surface area contributed by atoms with Crippen LogP contribution in [0.4, 0.5) is 5.69 Å². The van der Waals surface area contributed by atoms with Gasteiger partial charge in [-0.3, -0.25) is 14.5 Å². The van der Waals surface area contributed by atoms with Gasteiger partial charge in [-0.2, -0.15) is 0 Å². The van der Waals surface area contributed by atoms with Gasteiger partial charge in [-0.1, -0.05) is 16.3 Å². The first-order chi connectivity index (χ1) is 11.4. The van der Waals surface area contributed by atoms with Gasteiger partial charge in [0.15, 0.2) is 13.0 Å². The molecule has 2 amide bonds. The third kappa shape index (κ3) is 2.85. The molecule has 1 atom stereocenters. The summed E-state index contributed by atoms with van der Waals surface area (Å²) >= 11 is 5.84. The molecule has 0 saturated carbocycles. The number of nitrogens with zero attached hydrogens (tertiary/aromatic N) is 4. The van der Waals surface area contributed by atoms with Crippen molar-refractivity contribution in [2.45, 2.75) is 19.0 Å². The first kappa shape index (κ1) is 16.4. The summed E-state index contributed by atoms with van der Waals surface area (Å²) in [5, 5.41) is 15.7. The van der Waals surface area contributed by atoms with Crippen molar-refractivity contribution in [3.63, 3.8) is 0 Å². The normalized spacial score (nSPS) is 18.0. The lowest BCUT2D eigenvalue weighted by Gasteiger charge is -2.21. The number of imide groups is 1. The first-order valence-electron chi connectivity index (χ1n) is 7.23. The van der Waals surface area contributed by atoms with Crippen LogP contribution in [0.15, 0.2) is 28.8 Å². The lowest BCUT2D eigenvalue weighted by Crippen LogP contribution is -2.43. The van der Waals surface area contributed by atoms with E-state index >= 15 is 0 Å². The number of amides is 2. The highest BCUT2D eigenvalue weighted by Crippen LogP contribution is 2.27. The van der Waals surface area contributed by atoms with E-state index in [0.717, 1.165) is 4.90 Å². The highest BCUT2D eigenvalue weighted by atomic mass is 35.5. The molecule has 1 aliphatic heterocycles. The third-order valence-corrected chi connectivity index (χ3v) is 4.26. The molecule has 0 aliphatic carbocycles. The molecule has 1 aromatic heterocycles. The average Bonchev–Trinajstić information content (AvgIpc) is 3.02. The number of rotatable bonds is 4. The van der Waals surface area contributed by atoms with Crippen LogP contribution in [0.3, 0.4) is 0 Å². The van der Waals surface area contributed by atoms with E-state index < -0.39 is 12.0 Å². The van der Waals surface area contributed by atoms with Crippen LogP contribution in [0, 0.1) is 0 Å². The zero-order chi connectivity index (χ0) is 17.4. The monoisotopic (exact) mass is 350 g/mol. The summed E-state index contributed by atoms with van der Waals surface area (Å²) in [4.78, 5) is 27.7. The van der Waals surface area contributed by atoms with Gasteiger partial charge >= 0.3 is 0 Å². The molecule has 126 valence electrons. The van der Waals surface area contributed by atoms with Gasteiger partial charge < -0.3 is 9.63 Å². The minimum Gasteiger partial charge on any atom is -0.539 e. The number of aromatic nitrogens is 2. The summed E-state index contributed by atoms with van der Waals surface area (Å²) in [7, 11) is 3.25. The standard InChI is InChI=1S/C15H15ClN4O4/c1-18(8-12-15(23)24-17-19(12)2)11-7-13(21)20(14(11)22)10-5-3-9(16)4-6-10/h3-6,11H,7-8H2,1-2H3. The Hall–Kier alpha value is -2.45. The van der Waals surface area contributed by atoms with E-state index in [2.05, 4.69) is 9.79 Å². The maximum Gasteiger partial charge on any atom is 0.251 e. The van der Waals surface area contributed by atoms with Crippen LogP contribution in [0.2, 0.25) is 5.02 Å². The molecule has 0 spiro atoms. The van der Waals surface area contributed by atoms with Crippen molar-refractivity contribution in [2.75, 3.05) is 11.9 Å². The van der Waals surface area contributed by atoms with Crippen LogP contribution < -0.4 is 14.7 Å². The van der Waals surface area contributed by atoms with Crippen molar-refractivity contribution in [3.8, 4) is 5.95 Å². The minimum atomic E-state index is -0.650. The molecule has 8 nitrogen and oxygen atoms in total. The molecule has 2 aromatic rings. The van der Waals surface area contributed by atoms with Crippen LogP contribution in [0.25, 0.3) is 0 Å². The van der Waals surface area contributed by atoms with E-state index in [1.54, 1.807) is 43.3 Å². The van der Waals surface area contributed by atoms with Crippen molar-refractivity contribution in [3.05, 3.63) is 35.0 Å². The number of carbonyl (C=O) groups is 2. The Bertz CT molecular complexity index is 770. The molecule has 0 radical (unpaired) electrons. The second-order valence-corrected chi connectivity index (χ2v) is 6.05. The first-order valence-corrected chi connectivity index (χ1v) is 7.60. The maximum absolute atomic E-state index is 12.6. The Morgan fingerprint density at radius 3 is 2.67 bits per heavy atom. The van der Waals surface area contributed by atoms with E-state index in [9.17, 15) is 14.7 Å². The van der Waals surface area contributed by atoms with Crippen LogP contribution in [0.1, 0.15) is 12.1 Å². The second-order valence-electron chi connectivity index (χ2n) is 5.61. The second kappa shape index (κ2) is 6.21. The van der Waals surface area contributed by atoms with Crippen LogP contribution in [-0.4, -0.2) is 35.1 Å². The lowest BCUT2D eigenvalue weighted by atomic mass is 10.2. The van der Waals surface area contributed by atoms with Gasteiger partial charge in [-0.05, 0) is 31.3 Å². The number of hydrogen-bond acceptors (Lipinski definition) is 6. The van der Waals surface area contributed by atoms with Gasteiger partial charge in [0.25, 0.3) is 5.91 Å². The topological polar surface area (TPSA) is 93.6 Å². The van der Waals surface area contributed by atoms with E-state index in [-0.39, 0.29) is 24.8 Å². The Labute approximate surface area is 142 Å². The van der Waals surface area contributed by atoms with Crippen molar-refractivity contribution in [2.24, 2.45) is 7.05 Å². The fourth-order valence-electron chi connectivity index (χ4n) is 2.67. The van der Waals surface area contributed by atoms with Crippen molar-refractivity contribution < 1.29 is 23.9 Å². The number of likely N-dealkylation sites (N-methyl/N-ethyl adjacent to an activating group) is 1. The van der Waals surface area contributed by atoms with Crippen molar-refractivity contribution in [1.82, 2.24) is 10.2 Å². The highest BCUT2D eigenvalue weighted by Gasteiger charge is 2.42. The van der Waals surface area contributed by atoms with Gasteiger partial charge in [0.2, 0.25) is 11.6 Å². The SMILES string of the molecule is CN(Cc1c([O-])on[n+]1C)C1CC(=O)N(c2ccc(Cl)cc2)C1=O. The zero-order valence-electron chi connectivity index (χ0n) is 13.1. The summed E-state index contributed by atoms with van der Waals surface area (Å²) in [6, 6.07) is 5.83. The van der Waals surface area contributed by atoms with E-state index in [4.69, 9.17) is 11.6 Å². The van der Waals surface area contributed by atoms with Crippen LogP contribution >= 0.6 is 11.6 Å². The molecule has 9 heteroatoms. The molecule has 1 fully saturated rings. The number of hydrogen-bond donors (Lipinski definition) is 0. The molecular weight excluding hydrogens is 336 g/mol. The maximum atomic E-state index is 12.6. The highest BCUT2D eigenvalue weighted by molar-refractivity contribution is 6.30. The fourth-order valence-corrected chi connectivity index (χ4v) is 2.79. The van der Waals surface area contributed by atoms with E-state index in [1.807, 2.05) is 0 Å². The largest absolute Gasteiger partial charge is 0.539 e. The zero-order valence-corrected chi connectivity index (χ0v) is 13.9. The number of halogens is 1. The van der Waals surface area contributed by atoms with Crippen LogP contribution in [0.5, 0.6) is 5.95 Å². The number of benzene rings is 1. The van der Waals surface area contributed by atoms with Gasteiger partial charge in [-0.25, -0.2) is 4.90 Å². The van der Waals surface area contributed by atoms with Gasteiger partial charge in [0.1, 0.15) is 0 Å². The quantitative estimate of drug-likeness (QED) is 0.568. The third-order valence-electron chi connectivity index (χ3n) is 4.01. The number of carbonyl (C=O) groups excluding carboxylic acids is 2. The Morgan fingerprint density at radius 2 is 2.08 bits per heavy atom. The van der Waals surface area contributed by atoms with E-state index in [1.165, 1.54) is 4.68 Å². The number of aryl methyl sites for hydroxylation is 1. The predicted molar refractivity (Wildman–Crippen MR) is 80.9 cm³/mol. The molecule has 0 bridgehead atoms. The van der Waals surface area contributed by atoms with E-state index in [0.29, 0.717) is 16.4 Å². The van der Waals surface area contributed by atoms with Gasteiger partial charge in [0, 0.05) is 5.02 Å². The summed E-state index contributed by atoms with van der Waals surface area (Å²) in [6.07, 6.45) is 0.0428.